The number of hydroxylamine groups is 1. The minimum Gasteiger partial charge on any atom is -0.456 e. The number of aliphatic imine (C=N–C) groups is 1. The second-order valence-electron chi connectivity index (χ2n) is 8.19. The number of carbonyl (C=O) groups excluding carboxylic acids is 2. The van der Waals surface area contributed by atoms with Gasteiger partial charge in [0.1, 0.15) is 17.1 Å². The normalized spacial score (nSPS) is 39.5. The lowest BCUT2D eigenvalue weighted by molar-refractivity contribution is -0.213. The van der Waals surface area contributed by atoms with Crippen LogP contribution in [-0.2, 0) is 29.3 Å². The summed E-state index contributed by atoms with van der Waals surface area (Å²) in [7, 11) is 1.44. The highest BCUT2D eigenvalue weighted by atomic mass is 16.7. The molecule has 4 bridgehead atoms. The highest BCUT2D eigenvalue weighted by Crippen LogP contribution is 2.58. The molecule has 29 heavy (non-hydrogen) atoms. The first-order valence-electron chi connectivity index (χ1n) is 9.96. The maximum atomic E-state index is 13.7. The van der Waals surface area contributed by atoms with Crippen LogP contribution >= 0.6 is 0 Å². The number of benzene rings is 1. The van der Waals surface area contributed by atoms with E-state index in [4.69, 9.17) is 19.3 Å². The Kier molecular flexibility index (Phi) is 3.94. The third-order valence-corrected chi connectivity index (χ3v) is 6.97. The van der Waals surface area contributed by atoms with Crippen molar-refractivity contribution in [2.75, 3.05) is 18.8 Å². The highest BCUT2D eigenvalue weighted by molar-refractivity contribution is 6.08. The number of anilines is 1. The Hall–Kier alpha value is -2.29. The van der Waals surface area contributed by atoms with Gasteiger partial charge in [0.05, 0.1) is 25.4 Å². The molecule has 1 spiro atoms. The van der Waals surface area contributed by atoms with Gasteiger partial charge in [-0.05, 0) is 24.5 Å². The molecule has 5 aliphatic rings. The van der Waals surface area contributed by atoms with Gasteiger partial charge in [-0.15, -0.1) is 0 Å². The lowest BCUT2D eigenvalue weighted by Gasteiger charge is -2.47. The number of hydrogen-bond donors (Lipinski definition) is 1. The molecule has 2 saturated heterocycles. The summed E-state index contributed by atoms with van der Waals surface area (Å²) in [6, 6.07) is 7.08. The fourth-order valence-corrected chi connectivity index (χ4v) is 5.87. The summed E-state index contributed by atoms with van der Waals surface area (Å²) in [6.45, 7) is 3.47. The molecule has 154 valence electrons. The fourth-order valence-electron chi connectivity index (χ4n) is 5.87. The van der Waals surface area contributed by atoms with Gasteiger partial charge in [-0.25, -0.2) is 0 Å². The maximum Gasteiger partial charge on any atom is 0.303 e. The van der Waals surface area contributed by atoms with Gasteiger partial charge >= 0.3 is 5.97 Å². The number of aliphatic hydroxyl groups is 1. The van der Waals surface area contributed by atoms with Crippen molar-refractivity contribution in [2.45, 2.75) is 56.0 Å². The number of hydrogen-bond acceptors (Lipinski definition) is 7. The van der Waals surface area contributed by atoms with Gasteiger partial charge in [-0.1, -0.05) is 25.1 Å². The molecule has 0 unspecified atom stereocenters. The Morgan fingerprint density at radius 3 is 2.86 bits per heavy atom. The van der Waals surface area contributed by atoms with Crippen LogP contribution in [0.2, 0.25) is 0 Å². The Labute approximate surface area is 168 Å². The Balaban J connectivity index is 1.76. The summed E-state index contributed by atoms with van der Waals surface area (Å²) in [5.74, 6) is -1.18. The smallest absolute Gasteiger partial charge is 0.303 e. The monoisotopic (exact) mass is 400 g/mol. The zero-order chi connectivity index (χ0) is 20.6. The molecule has 6 rings (SSSR count). The fraction of sp³-hybridized carbons (Fsp3) is 0.571. The van der Waals surface area contributed by atoms with Crippen LogP contribution in [0.3, 0.4) is 0 Å². The second-order valence-corrected chi connectivity index (χ2v) is 8.19. The molecule has 6 atom stereocenters. The predicted octanol–water partition coefficient (Wildman–Crippen LogP) is 1.15. The third-order valence-electron chi connectivity index (χ3n) is 6.97. The number of para-hydroxylation sites is 1. The van der Waals surface area contributed by atoms with Crippen LogP contribution in [0, 0.1) is 5.92 Å². The van der Waals surface area contributed by atoms with Crippen molar-refractivity contribution in [3.63, 3.8) is 0 Å². The molecule has 1 aliphatic carbocycles. The van der Waals surface area contributed by atoms with Gasteiger partial charge in [-0.3, -0.25) is 19.4 Å². The molecule has 1 aromatic carbocycles. The van der Waals surface area contributed by atoms with Crippen LogP contribution in [0.25, 0.3) is 0 Å². The van der Waals surface area contributed by atoms with Crippen molar-refractivity contribution in [3.05, 3.63) is 29.8 Å². The van der Waals surface area contributed by atoms with Gasteiger partial charge in [0.25, 0.3) is 5.91 Å². The molecule has 1 saturated carbocycles. The molecular weight excluding hydrogens is 376 g/mol. The molecule has 8 heteroatoms. The van der Waals surface area contributed by atoms with Crippen LogP contribution in [-0.4, -0.2) is 60.3 Å². The zero-order valence-corrected chi connectivity index (χ0v) is 16.6. The lowest BCUT2D eigenvalue weighted by atomic mass is 9.69. The first-order valence-corrected chi connectivity index (χ1v) is 9.96. The van der Waals surface area contributed by atoms with Crippen LogP contribution in [0.5, 0.6) is 0 Å². The van der Waals surface area contributed by atoms with Gasteiger partial charge in [0.15, 0.2) is 6.10 Å². The van der Waals surface area contributed by atoms with Crippen molar-refractivity contribution in [1.29, 1.82) is 0 Å². The standard InChI is InChI=1S/C21H24N2O6/c1-4-16-21(26)13-10-28-17(18(21)29-11(2)24)20(9-14(13)22-16)12-7-5-6-8-15(12)23(27-3)19(20)25/h5-8,13-14,17-18,26H,4,9-10H2,1-3H3/t13-,14+,17+,18-,20+,21-/m1/s1. The largest absolute Gasteiger partial charge is 0.456 e. The average Bonchev–Trinajstić information content (AvgIpc) is 3.00. The van der Waals surface area contributed by atoms with Crippen LogP contribution < -0.4 is 5.06 Å². The van der Waals surface area contributed by atoms with Crippen LogP contribution in [0.1, 0.15) is 32.3 Å². The summed E-state index contributed by atoms with van der Waals surface area (Å²) in [5.41, 5.74) is -0.589. The van der Waals surface area contributed by atoms with Crippen molar-refractivity contribution < 1.29 is 29.0 Å². The zero-order valence-electron chi connectivity index (χ0n) is 16.6. The number of carbonyl (C=O) groups is 2. The highest BCUT2D eigenvalue weighted by Gasteiger charge is 2.73. The topological polar surface area (TPSA) is 97.7 Å². The Morgan fingerprint density at radius 2 is 2.17 bits per heavy atom. The minimum atomic E-state index is -1.44. The van der Waals surface area contributed by atoms with Crippen molar-refractivity contribution in [3.8, 4) is 0 Å². The van der Waals surface area contributed by atoms with Crippen LogP contribution in [0.15, 0.2) is 29.3 Å². The maximum absolute atomic E-state index is 13.7. The van der Waals surface area contributed by atoms with E-state index in [-0.39, 0.29) is 24.5 Å². The minimum absolute atomic E-state index is 0.251. The average molecular weight is 400 g/mol. The van der Waals surface area contributed by atoms with E-state index in [9.17, 15) is 14.7 Å². The van der Waals surface area contributed by atoms with Gasteiger partial charge in [-0.2, -0.15) is 5.06 Å². The number of rotatable bonds is 3. The number of ether oxygens (including phenoxy) is 2. The summed E-state index contributed by atoms with van der Waals surface area (Å²) in [6.07, 6.45) is -0.973. The van der Waals surface area contributed by atoms with E-state index < -0.39 is 29.2 Å². The molecule has 4 heterocycles. The van der Waals surface area contributed by atoms with Gasteiger partial charge < -0.3 is 14.6 Å². The third kappa shape index (κ3) is 2.11. The Morgan fingerprint density at radius 1 is 1.41 bits per heavy atom. The first-order chi connectivity index (χ1) is 13.9. The summed E-state index contributed by atoms with van der Waals surface area (Å²) in [4.78, 5) is 35.9. The van der Waals surface area contributed by atoms with E-state index in [0.29, 0.717) is 24.2 Å². The summed E-state index contributed by atoms with van der Waals surface area (Å²) >= 11 is 0. The van der Waals surface area contributed by atoms with E-state index in [1.807, 2.05) is 31.2 Å². The number of amides is 1. The number of nitrogens with zero attached hydrogens (tertiary/aromatic N) is 2. The van der Waals surface area contributed by atoms with Gasteiger partial charge in [0, 0.05) is 18.6 Å². The molecule has 1 N–H and O–H groups in total. The summed E-state index contributed by atoms with van der Waals surface area (Å²) in [5, 5.41) is 13.1. The van der Waals surface area contributed by atoms with E-state index >= 15 is 0 Å². The molecule has 1 aromatic rings. The van der Waals surface area contributed by atoms with E-state index in [1.165, 1.54) is 19.1 Å². The van der Waals surface area contributed by atoms with Crippen molar-refractivity contribution in [2.24, 2.45) is 10.9 Å². The predicted molar refractivity (Wildman–Crippen MR) is 102 cm³/mol. The number of esters is 1. The van der Waals surface area contributed by atoms with E-state index in [2.05, 4.69) is 0 Å². The molecule has 1 amide bonds. The number of fused-ring (bicyclic) bond motifs is 2. The molecular formula is C21H24N2O6. The van der Waals surface area contributed by atoms with Crippen LogP contribution in [0.4, 0.5) is 5.69 Å². The SMILES string of the molecule is CCC1=N[C@H]2C[C@@]3(C(=O)N(OC)c4ccccc43)[C@H]3OC[C@H]2[C@]1(O)[C@@H]3OC(C)=O. The molecule has 3 fully saturated rings. The van der Waals surface area contributed by atoms with Crippen molar-refractivity contribution >= 4 is 23.3 Å². The molecule has 0 radical (unpaired) electrons. The lowest BCUT2D eigenvalue weighted by Crippen LogP contribution is -2.67. The van der Waals surface area contributed by atoms with Crippen molar-refractivity contribution in [1.82, 2.24) is 0 Å². The molecule has 8 nitrogen and oxygen atoms in total. The molecule has 4 aliphatic heterocycles. The quantitative estimate of drug-likeness (QED) is 0.765. The first kappa shape index (κ1) is 18.7. The van der Waals surface area contributed by atoms with E-state index in [0.717, 1.165) is 5.56 Å². The second kappa shape index (κ2) is 6.10. The summed E-state index contributed by atoms with van der Waals surface area (Å²) < 4.78 is 11.9. The Bertz CT molecular complexity index is 932. The molecule has 0 aromatic heterocycles. The van der Waals surface area contributed by atoms with Gasteiger partial charge in [0.2, 0.25) is 0 Å². The van der Waals surface area contributed by atoms with E-state index in [1.54, 1.807) is 0 Å².